The van der Waals surface area contributed by atoms with Gasteiger partial charge in [0.2, 0.25) is 5.91 Å². The first-order valence-corrected chi connectivity index (χ1v) is 10.4. The van der Waals surface area contributed by atoms with E-state index in [1.165, 1.54) is 0 Å². The number of benzene rings is 1. The lowest BCUT2D eigenvalue weighted by molar-refractivity contribution is -0.131. The van der Waals surface area contributed by atoms with Crippen LogP contribution in [0.1, 0.15) is 12.0 Å². The lowest BCUT2D eigenvalue weighted by Crippen LogP contribution is -2.49. The van der Waals surface area contributed by atoms with Crippen molar-refractivity contribution in [2.45, 2.75) is 12.8 Å². The summed E-state index contributed by atoms with van der Waals surface area (Å²) in [5, 5.41) is 3.19. The average Bonchev–Trinajstić information content (AvgIpc) is 2.84. The molecule has 160 valence electrons. The third-order valence-corrected chi connectivity index (χ3v) is 5.32. The second-order valence-electron chi connectivity index (χ2n) is 7.32. The van der Waals surface area contributed by atoms with Crippen molar-refractivity contribution in [3.63, 3.8) is 0 Å². The third-order valence-electron chi connectivity index (χ3n) is 5.32. The molecule has 31 heavy (non-hydrogen) atoms. The second kappa shape index (κ2) is 9.88. The molecule has 0 atom stereocenters. The van der Waals surface area contributed by atoms with Crippen LogP contribution in [0.2, 0.25) is 0 Å². The van der Waals surface area contributed by atoms with Gasteiger partial charge in [0.05, 0.1) is 7.11 Å². The Bertz CT molecular complexity index is 988. The average molecular weight is 419 g/mol. The molecule has 1 aliphatic heterocycles. The molecule has 1 fully saturated rings. The molecule has 8 nitrogen and oxygen atoms in total. The Morgan fingerprint density at radius 1 is 1.00 bits per heavy atom. The summed E-state index contributed by atoms with van der Waals surface area (Å²) in [4.78, 5) is 29.7. The van der Waals surface area contributed by atoms with Gasteiger partial charge in [-0.15, -0.1) is 0 Å². The number of ether oxygens (including phenoxy) is 1. The summed E-state index contributed by atoms with van der Waals surface area (Å²) >= 11 is 0. The summed E-state index contributed by atoms with van der Waals surface area (Å²) in [6.45, 7) is 2.87. The van der Waals surface area contributed by atoms with Crippen LogP contribution in [0.5, 0.6) is 5.75 Å². The normalized spacial score (nSPS) is 13.7. The predicted molar refractivity (Wildman–Crippen MR) is 120 cm³/mol. The SMILES string of the molecule is COc1ccc(CCC(=O)N2CCN(c3cc(Nc4ccccn4)ncn3)CC2)cc1. The lowest BCUT2D eigenvalue weighted by atomic mass is 10.1. The molecule has 0 spiro atoms. The topological polar surface area (TPSA) is 83.5 Å². The number of aromatic nitrogens is 3. The fourth-order valence-electron chi connectivity index (χ4n) is 3.54. The molecule has 1 N–H and O–H groups in total. The van der Waals surface area contributed by atoms with Crippen molar-refractivity contribution in [2.75, 3.05) is 43.5 Å². The highest BCUT2D eigenvalue weighted by molar-refractivity contribution is 5.76. The minimum atomic E-state index is 0.190. The van der Waals surface area contributed by atoms with E-state index in [0.717, 1.165) is 42.5 Å². The summed E-state index contributed by atoms with van der Waals surface area (Å²) in [5.74, 6) is 3.30. The first-order valence-electron chi connectivity index (χ1n) is 10.4. The van der Waals surface area contributed by atoms with Crippen LogP contribution in [-0.2, 0) is 11.2 Å². The van der Waals surface area contributed by atoms with Gasteiger partial charge in [0, 0.05) is 44.9 Å². The van der Waals surface area contributed by atoms with Gasteiger partial charge in [0.15, 0.2) is 0 Å². The molecule has 3 heterocycles. The molecule has 0 bridgehead atoms. The van der Waals surface area contributed by atoms with E-state index in [2.05, 4.69) is 25.2 Å². The first-order chi connectivity index (χ1) is 15.2. The highest BCUT2D eigenvalue weighted by Crippen LogP contribution is 2.19. The number of piperazine rings is 1. The van der Waals surface area contributed by atoms with Crippen molar-refractivity contribution in [3.05, 3.63) is 66.6 Å². The molecule has 0 aliphatic carbocycles. The van der Waals surface area contributed by atoms with Gasteiger partial charge in [-0.1, -0.05) is 18.2 Å². The van der Waals surface area contributed by atoms with E-state index >= 15 is 0 Å². The molecule has 2 aromatic heterocycles. The first kappa shape index (κ1) is 20.6. The number of hydrogen-bond acceptors (Lipinski definition) is 7. The zero-order valence-electron chi connectivity index (χ0n) is 17.6. The van der Waals surface area contributed by atoms with Crippen LogP contribution in [0.4, 0.5) is 17.5 Å². The summed E-state index contributed by atoms with van der Waals surface area (Å²) < 4.78 is 5.18. The van der Waals surface area contributed by atoms with Crippen molar-refractivity contribution >= 4 is 23.4 Å². The van der Waals surface area contributed by atoms with Gasteiger partial charge < -0.3 is 19.9 Å². The van der Waals surface area contributed by atoms with E-state index in [1.807, 2.05) is 53.4 Å². The van der Waals surface area contributed by atoms with E-state index in [0.29, 0.717) is 25.3 Å². The molecule has 3 aromatic rings. The number of aryl methyl sites for hydroxylation is 1. The minimum Gasteiger partial charge on any atom is -0.497 e. The quantitative estimate of drug-likeness (QED) is 0.632. The summed E-state index contributed by atoms with van der Waals surface area (Å²) in [7, 11) is 1.65. The van der Waals surface area contributed by atoms with Crippen LogP contribution >= 0.6 is 0 Å². The molecule has 8 heteroatoms. The number of amides is 1. The number of anilines is 3. The molecule has 0 saturated carbocycles. The van der Waals surface area contributed by atoms with Crippen LogP contribution in [0.15, 0.2) is 61.1 Å². The number of rotatable bonds is 7. The van der Waals surface area contributed by atoms with Gasteiger partial charge in [-0.05, 0) is 36.2 Å². The van der Waals surface area contributed by atoms with Crippen molar-refractivity contribution in [1.29, 1.82) is 0 Å². The largest absolute Gasteiger partial charge is 0.497 e. The Morgan fingerprint density at radius 2 is 1.81 bits per heavy atom. The molecule has 1 aromatic carbocycles. The smallest absolute Gasteiger partial charge is 0.223 e. The number of nitrogens with one attached hydrogen (secondary N) is 1. The highest BCUT2D eigenvalue weighted by Gasteiger charge is 2.22. The highest BCUT2D eigenvalue weighted by atomic mass is 16.5. The van der Waals surface area contributed by atoms with Crippen molar-refractivity contribution in [3.8, 4) is 5.75 Å². The number of hydrogen-bond donors (Lipinski definition) is 1. The van der Waals surface area contributed by atoms with Crippen LogP contribution in [0.3, 0.4) is 0 Å². The Kier molecular flexibility index (Phi) is 6.56. The molecular formula is C23H26N6O2. The molecular weight excluding hydrogens is 392 g/mol. The third kappa shape index (κ3) is 5.48. The molecule has 1 amide bonds. The van der Waals surface area contributed by atoms with Crippen LogP contribution in [0.25, 0.3) is 0 Å². The van der Waals surface area contributed by atoms with Gasteiger partial charge in [0.1, 0.15) is 29.5 Å². The number of nitrogens with zero attached hydrogens (tertiary/aromatic N) is 5. The number of carbonyl (C=O) groups is 1. The zero-order valence-corrected chi connectivity index (χ0v) is 17.6. The van der Waals surface area contributed by atoms with Gasteiger partial charge in [-0.25, -0.2) is 15.0 Å². The maximum absolute atomic E-state index is 12.6. The molecule has 1 saturated heterocycles. The number of carbonyl (C=O) groups excluding carboxylic acids is 1. The Balaban J connectivity index is 1.28. The van der Waals surface area contributed by atoms with E-state index in [4.69, 9.17) is 4.74 Å². The van der Waals surface area contributed by atoms with Crippen molar-refractivity contribution in [2.24, 2.45) is 0 Å². The van der Waals surface area contributed by atoms with Crippen LogP contribution in [0, 0.1) is 0 Å². The Hall–Kier alpha value is -3.68. The number of pyridine rings is 1. The van der Waals surface area contributed by atoms with Crippen molar-refractivity contribution < 1.29 is 9.53 Å². The van der Waals surface area contributed by atoms with Crippen LogP contribution in [-0.4, -0.2) is 59.0 Å². The van der Waals surface area contributed by atoms with Gasteiger partial charge >= 0.3 is 0 Å². The summed E-state index contributed by atoms with van der Waals surface area (Å²) in [6.07, 6.45) is 4.53. The van der Waals surface area contributed by atoms with E-state index in [-0.39, 0.29) is 5.91 Å². The Morgan fingerprint density at radius 3 is 2.52 bits per heavy atom. The molecule has 4 rings (SSSR count). The maximum Gasteiger partial charge on any atom is 0.223 e. The summed E-state index contributed by atoms with van der Waals surface area (Å²) in [6, 6.07) is 15.5. The molecule has 0 unspecified atom stereocenters. The van der Waals surface area contributed by atoms with E-state index in [1.54, 1.807) is 19.6 Å². The van der Waals surface area contributed by atoms with E-state index in [9.17, 15) is 4.79 Å². The van der Waals surface area contributed by atoms with Gasteiger partial charge in [0.25, 0.3) is 0 Å². The monoisotopic (exact) mass is 418 g/mol. The number of methoxy groups -OCH3 is 1. The minimum absolute atomic E-state index is 0.190. The summed E-state index contributed by atoms with van der Waals surface area (Å²) in [5.41, 5.74) is 1.14. The maximum atomic E-state index is 12.6. The van der Waals surface area contributed by atoms with Gasteiger partial charge in [-0.2, -0.15) is 0 Å². The second-order valence-corrected chi connectivity index (χ2v) is 7.32. The fourth-order valence-corrected chi connectivity index (χ4v) is 3.54. The molecule has 0 radical (unpaired) electrons. The lowest BCUT2D eigenvalue weighted by Gasteiger charge is -2.35. The zero-order chi connectivity index (χ0) is 21.5. The fraction of sp³-hybridized carbons (Fsp3) is 0.304. The predicted octanol–water partition coefficient (Wildman–Crippen LogP) is 2.91. The van der Waals surface area contributed by atoms with E-state index < -0.39 is 0 Å². The van der Waals surface area contributed by atoms with Crippen LogP contribution < -0.4 is 15.0 Å². The van der Waals surface area contributed by atoms with Crippen molar-refractivity contribution in [1.82, 2.24) is 19.9 Å². The van der Waals surface area contributed by atoms with Gasteiger partial charge in [-0.3, -0.25) is 4.79 Å². The standard InChI is InChI=1S/C23H26N6O2/c1-31-19-8-5-18(6-9-19)7-10-23(30)29-14-12-28(13-15-29)22-16-21(25-17-26-22)27-20-4-2-3-11-24-20/h2-6,8-9,11,16-17H,7,10,12-15H2,1H3,(H,24,25,26,27). The Labute approximate surface area is 181 Å². The molecule has 1 aliphatic rings.